The van der Waals surface area contributed by atoms with E-state index in [1.54, 1.807) is 6.07 Å². The molecule has 25 heavy (non-hydrogen) atoms. The Labute approximate surface area is 153 Å². The molecule has 0 bridgehead atoms. The normalized spacial score (nSPS) is 12.0. The quantitative estimate of drug-likeness (QED) is 0.622. The van der Waals surface area contributed by atoms with Crippen LogP contribution in [0.2, 0.25) is 5.02 Å². The predicted octanol–water partition coefficient (Wildman–Crippen LogP) is 4.27. The van der Waals surface area contributed by atoms with E-state index in [0.29, 0.717) is 35.1 Å². The highest BCUT2D eigenvalue weighted by Gasteiger charge is 2.11. The van der Waals surface area contributed by atoms with E-state index in [-0.39, 0.29) is 0 Å². The van der Waals surface area contributed by atoms with Gasteiger partial charge in [-0.25, -0.2) is 4.39 Å². The molecule has 2 aromatic carbocycles. The maximum absolute atomic E-state index is 13.0. The van der Waals surface area contributed by atoms with Gasteiger partial charge in [-0.15, -0.1) is 0 Å². The summed E-state index contributed by atoms with van der Waals surface area (Å²) in [4.78, 5) is 17.2. The van der Waals surface area contributed by atoms with Crippen molar-refractivity contribution in [2.24, 2.45) is 4.99 Å². The maximum atomic E-state index is 13.0. The van der Waals surface area contributed by atoms with Crippen molar-refractivity contribution in [3.8, 4) is 0 Å². The average Bonchev–Trinajstić information content (AvgIpc) is 2.94. The molecular formula is C18H16ClFN2O2S. The van der Waals surface area contributed by atoms with Crippen LogP contribution in [0.1, 0.15) is 17.3 Å². The number of hydrogen-bond donors (Lipinski definition) is 0. The molecule has 0 fully saturated rings. The van der Waals surface area contributed by atoms with Gasteiger partial charge < -0.3 is 9.30 Å². The summed E-state index contributed by atoms with van der Waals surface area (Å²) in [6.07, 6.45) is 0. The molecule has 0 saturated heterocycles. The van der Waals surface area contributed by atoms with Gasteiger partial charge in [0, 0.05) is 18.7 Å². The third-order valence-electron chi connectivity index (χ3n) is 3.60. The summed E-state index contributed by atoms with van der Waals surface area (Å²) in [5, 5.41) is 0.598. The van der Waals surface area contributed by atoms with Crippen LogP contribution in [0.3, 0.4) is 0 Å². The molecule has 3 rings (SSSR count). The molecule has 0 saturated carbocycles. The number of hydrogen-bond acceptors (Lipinski definition) is 3. The second kappa shape index (κ2) is 7.91. The molecule has 1 aromatic heterocycles. The van der Waals surface area contributed by atoms with E-state index in [4.69, 9.17) is 16.3 Å². The van der Waals surface area contributed by atoms with Gasteiger partial charge in [0.05, 0.1) is 21.8 Å². The fraction of sp³-hybridized carbons (Fsp3) is 0.222. The Hall–Kier alpha value is -2.02. The van der Waals surface area contributed by atoms with Crippen LogP contribution in [0.25, 0.3) is 10.2 Å². The van der Waals surface area contributed by atoms with Crippen molar-refractivity contribution >= 4 is 39.1 Å². The van der Waals surface area contributed by atoms with Crippen LogP contribution in [-0.4, -0.2) is 23.7 Å². The highest BCUT2D eigenvalue weighted by molar-refractivity contribution is 7.16. The maximum Gasteiger partial charge on any atom is 0.279 e. The number of thiazole rings is 1. The summed E-state index contributed by atoms with van der Waals surface area (Å²) in [7, 11) is 0. The van der Waals surface area contributed by atoms with Gasteiger partial charge in [0.15, 0.2) is 4.80 Å². The molecule has 4 nitrogen and oxygen atoms in total. The number of halogens is 2. The third kappa shape index (κ3) is 3.98. The minimum Gasteiger partial charge on any atom is -0.380 e. The standard InChI is InChI=1S/C18H16ClFN2O2S/c1-2-24-11-10-22-16-14(19)4-3-5-15(16)25-18(22)21-17(23)12-6-8-13(20)9-7-12/h3-9H,2,10-11H2,1H3. The van der Waals surface area contributed by atoms with Crippen LogP contribution in [0.5, 0.6) is 0 Å². The van der Waals surface area contributed by atoms with Gasteiger partial charge in [0.2, 0.25) is 0 Å². The van der Waals surface area contributed by atoms with E-state index in [9.17, 15) is 9.18 Å². The Balaban J connectivity index is 2.07. The van der Waals surface area contributed by atoms with Crippen molar-refractivity contribution < 1.29 is 13.9 Å². The van der Waals surface area contributed by atoms with E-state index in [0.717, 1.165) is 10.2 Å². The van der Waals surface area contributed by atoms with E-state index < -0.39 is 11.7 Å². The van der Waals surface area contributed by atoms with E-state index in [2.05, 4.69) is 4.99 Å². The van der Waals surface area contributed by atoms with Gasteiger partial charge >= 0.3 is 0 Å². The van der Waals surface area contributed by atoms with Crippen molar-refractivity contribution in [2.75, 3.05) is 13.2 Å². The topological polar surface area (TPSA) is 43.6 Å². The summed E-state index contributed by atoms with van der Waals surface area (Å²) in [5.74, 6) is -0.815. The highest BCUT2D eigenvalue weighted by atomic mass is 35.5. The molecule has 0 aliphatic heterocycles. The number of fused-ring (bicyclic) bond motifs is 1. The van der Waals surface area contributed by atoms with Crippen LogP contribution in [0.4, 0.5) is 4.39 Å². The molecule has 1 heterocycles. The molecule has 0 radical (unpaired) electrons. The van der Waals surface area contributed by atoms with Gasteiger partial charge in [-0.3, -0.25) is 4.79 Å². The summed E-state index contributed by atoms with van der Waals surface area (Å²) >= 11 is 7.72. The summed E-state index contributed by atoms with van der Waals surface area (Å²) in [6.45, 7) is 3.56. The Morgan fingerprint density at radius 3 is 2.76 bits per heavy atom. The Kier molecular flexibility index (Phi) is 5.63. The lowest BCUT2D eigenvalue weighted by Crippen LogP contribution is -2.20. The van der Waals surface area contributed by atoms with Crippen LogP contribution in [0, 0.1) is 5.82 Å². The lowest BCUT2D eigenvalue weighted by atomic mass is 10.2. The minimum absolute atomic E-state index is 0.335. The van der Waals surface area contributed by atoms with Crippen molar-refractivity contribution in [1.82, 2.24) is 4.57 Å². The van der Waals surface area contributed by atoms with Gasteiger partial charge in [-0.2, -0.15) is 4.99 Å². The largest absolute Gasteiger partial charge is 0.380 e. The lowest BCUT2D eigenvalue weighted by Gasteiger charge is -2.06. The molecule has 0 aliphatic carbocycles. The second-order valence-electron chi connectivity index (χ2n) is 5.24. The number of ether oxygens (including phenoxy) is 1. The number of benzene rings is 2. The summed E-state index contributed by atoms with van der Waals surface area (Å²) < 4.78 is 21.3. The van der Waals surface area contributed by atoms with Crippen molar-refractivity contribution in [2.45, 2.75) is 13.5 Å². The van der Waals surface area contributed by atoms with Gasteiger partial charge in [-0.1, -0.05) is 29.0 Å². The predicted molar refractivity (Wildman–Crippen MR) is 97.6 cm³/mol. The first-order chi connectivity index (χ1) is 12.1. The number of carbonyl (C=O) groups excluding carboxylic acids is 1. The van der Waals surface area contributed by atoms with Gasteiger partial charge in [-0.05, 0) is 43.3 Å². The number of nitrogens with zero attached hydrogens (tertiary/aromatic N) is 2. The van der Waals surface area contributed by atoms with Gasteiger partial charge in [0.25, 0.3) is 5.91 Å². The first-order valence-corrected chi connectivity index (χ1v) is 9.00. The van der Waals surface area contributed by atoms with Crippen LogP contribution >= 0.6 is 22.9 Å². The monoisotopic (exact) mass is 378 g/mol. The summed E-state index contributed by atoms with van der Waals surface area (Å²) in [6, 6.07) is 10.9. The Bertz CT molecular complexity index is 963. The fourth-order valence-corrected chi connectivity index (χ4v) is 3.84. The number of aromatic nitrogens is 1. The highest BCUT2D eigenvalue weighted by Crippen LogP contribution is 2.25. The fourth-order valence-electron chi connectivity index (χ4n) is 2.42. The molecule has 7 heteroatoms. The molecule has 3 aromatic rings. The number of para-hydroxylation sites is 1. The number of rotatable bonds is 5. The Morgan fingerprint density at radius 2 is 2.04 bits per heavy atom. The average molecular weight is 379 g/mol. The first kappa shape index (κ1) is 17.8. The smallest absolute Gasteiger partial charge is 0.279 e. The van der Waals surface area contributed by atoms with E-state index >= 15 is 0 Å². The van der Waals surface area contributed by atoms with E-state index in [1.165, 1.54) is 35.6 Å². The van der Waals surface area contributed by atoms with Crippen LogP contribution in [-0.2, 0) is 11.3 Å². The SMILES string of the molecule is CCOCCn1c(=NC(=O)c2ccc(F)cc2)sc2cccc(Cl)c21. The summed E-state index contributed by atoms with van der Waals surface area (Å²) in [5.41, 5.74) is 1.17. The zero-order chi connectivity index (χ0) is 17.8. The molecular weight excluding hydrogens is 363 g/mol. The third-order valence-corrected chi connectivity index (χ3v) is 4.95. The number of amides is 1. The lowest BCUT2D eigenvalue weighted by molar-refractivity contribution is 0.0996. The molecule has 130 valence electrons. The molecule has 0 atom stereocenters. The minimum atomic E-state index is -0.423. The molecule has 0 aliphatic rings. The van der Waals surface area contributed by atoms with Crippen molar-refractivity contribution in [1.29, 1.82) is 0 Å². The zero-order valence-corrected chi connectivity index (χ0v) is 15.1. The van der Waals surface area contributed by atoms with Gasteiger partial charge in [0.1, 0.15) is 5.82 Å². The molecule has 0 spiro atoms. The Morgan fingerprint density at radius 1 is 1.28 bits per heavy atom. The van der Waals surface area contributed by atoms with Crippen LogP contribution in [0.15, 0.2) is 47.5 Å². The van der Waals surface area contributed by atoms with Crippen molar-refractivity contribution in [3.05, 3.63) is 63.7 Å². The van der Waals surface area contributed by atoms with Crippen molar-refractivity contribution in [3.63, 3.8) is 0 Å². The molecule has 0 N–H and O–H groups in total. The van der Waals surface area contributed by atoms with E-state index in [1.807, 2.05) is 23.6 Å². The number of carbonyl (C=O) groups is 1. The van der Waals surface area contributed by atoms with Crippen LogP contribution < -0.4 is 4.80 Å². The second-order valence-corrected chi connectivity index (χ2v) is 6.66. The molecule has 0 unspecified atom stereocenters. The first-order valence-electron chi connectivity index (χ1n) is 7.80. The molecule has 1 amide bonds. The zero-order valence-electron chi connectivity index (χ0n) is 13.5.